The fourth-order valence-electron chi connectivity index (χ4n) is 2.93. The second-order valence-corrected chi connectivity index (χ2v) is 7.34. The molecule has 6 heteroatoms. The van der Waals surface area contributed by atoms with Gasteiger partial charge < -0.3 is 19.5 Å². The maximum absolute atomic E-state index is 6.53. The molecule has 0 radical (unpaired) electrons. The summed E-state index contributed by atoms with van der Waals surface area (Å²) in [5, 5.41) is 4.54. The van der Waals surface area contributed by atoms with Crippen LogP contribution in [-0.4, -0.2) is 13.2 Å². The zero-order valence-electron chi connectivity index (χ0n) is 17.1. The Hall–Kier alpha value is -2.56. The number of benzene rings is 3. The van der Waals surface area contributed by atoms with Crippen molar-refractivity contribution < 1.29 is 14.2 Å². The van der Waals surface area contributed by atoms with Gasteiger partial charge in [0.2, 0.25) is 0 Å². The highest BCUT2D eigenvalue weighted by Crippen LogP contribution is 2.37. The highest BCUT2D eigenvalue weighted by atomic mass is 35.5. The summed E-state index contributed by atoms with van der Waals surface area (Å²) < 4.78 is 17.2. The number of hydrogen-bond donors (Lipinski definition) is 1. The van der Waals surface area contributed by atoms with Crippen LogP contribution < -0.4 is 19.5 Å². The highest BCUT2D eigenvalue weighted by molar-refractivity contribution is 6.32. The molecule has 0 atom stereocenters. The molecule has 0 unspecified atom stereocenters. The summed E-state index contributed by atoms with van der Waals surface area (Å²) in [7, 11) is 0. The molecule has 4 nitrogen and oxygen atoms in total. The fourth-order valence-corrected chi connectivity index (χ4v) is 3.41. The van der Waals surface area contributed by atoms with Gasteiger partial charge >= 0.3 is 0 Å². The molecule has 0 heterocycles. The van der Waals surface area contributed by atoms with Gasteiger partial charge in [-0.05, 0) is 61.9 Å². The van der Waals surface area contributed by atoms with E-state index in [0.717, 1.165) is 22.6 Å². The molecule has 0 fully saturated rings. The van der Waals surface area contributed by atoms with Gasteiger partial charge in [-0.3, -0.25) is 0 Å². The van der Waals surface area contributed by atoms with E-state index in [4.69, 9.17) is 37.4 Å². The number of ether oxygens (including phenoxy) is 3. The molecule has 0 bridgehead atoms. The minimum Gasteiger partial charge on any atom is -0.494 e. The first-order valence-corrected chi connectivity index (χ1v) is 10.6. The van der Waals surface area contributed by atoms with Gasteiger partial charge in [0, 0.05) is 22.8 Å². The zero-order valence-corrected chi connectivity index (χ0v) is 18.6. The number of nitrogens with one attached hydrogen (secondary N) is 1. The smallest absolute Gasteiger partial charge is 0.180 e. The summed E-state index contributed by atoms with van der Waals surface area (Å²) >= 11 is 12.8. The Kier molecular flexibility index (Phi) is 8.12. The molecule has 0 saturated heterocycles. The van der Waals surface area contributed by atoms with Crippen LogP contribution in [0.5, 0.6) is 17.2 Å². The predicted octanol–water partition coefficient (Wildman–Crippen LogP) is 6.98. The summed E-state index contributed by atoms with van der Waals surface area (Å²) in [5.74, 6) is 1.98. The van der Waals surface area contributed by atoms with E-state index in [1.54, 1.807) is 0 Å². The molecule has 0 spiro atoms. The van der Waals surface area contributed by atoms with Crippen LogP contribution in [-0.2, 0) is 13.2 Å². The molecule has 30 heavy (non-hydrogen) atoms. The zero-order chi connectivity index (χ0) is 21.3. The van der Waals surface area contributed by atoms with E-state index in [9.17, 15) is 0 Å². The Balaban J connectivity index is 1.71. The lowest BCUT2D eigenvalue weighted by Gasteiger charge is -2.16. The summed E-state index contributed by atoms with van der Waals surface area (Å²) in [6.45, 7) is 5.96. The van der Waals surface area contributed by atoms with E-state index < -0.39 is 0 Å². The van der Waals surface area contributed by atoms with E-state index in [2.05, 4.69) is 5.32 Å². The molecule has 0 aliphatic heterocycles. The lowest BCUT2D eigenvalue weighted by atomic mass is 10.2. The van der Waals surface area contributed by atoms with E-state index in [1.165, 1.54) is 0 Å². The Bertz CT molecular complexity index is 961. The topological polar surface area (TPSA) is 39.7 Å². The maximum atomic E-state index is 6.53. The summed E-state index contributed by atoms with van der Waals surface area (Å²) in [6, 6.07) is 19.2. The normalized spacial score (nSPS) is 10.5. The van der Waals surface area contributed by atoms with Gasteiger partial charge in [-0.2, -0.15) is 0 Å². The molecule has 0 amide bonds. The summed E-state index contributed by atoms with van der Waals surface area (Å²) in [4.78, 5) is 0. The van der Waals surface area contributed by atoms with E-state index in [0.29, 0.717) is 47.9 Å². The third kappa shape index (κ3) is 5.97. The summed E-state index contributed by atoms with van der Waals surface area (Å²) in [5.41, 5.74) is 2.87. The van der Waals surface area contributed by atoms with Gasteiger partial charge in [0.25, 0.3) is 0 Å². The average Bonchev–Trinajstić information content (AvgIpc) is 2.74. The third-order valence-corrected chi connectivity index (χ3v) is 5.01. The number of rotatable bonds is 10. The lowest BCUT2D eigenvalue weighted by molar-refractivity contribution is 0.269. The van der Waals surface area contributed by atoms with Crippen molar-refractivity contribution in [2.75, 3.05) is 18.5 Å². The summed E-state index contributed by atoms with van der Waals surface area (Å²) in [6.07, 6.45) is 0. The average molecular weight is 446 g/mol. The molecule has 1 N–H and O–H groups in total. The molecule has 158 valence electrons. The monoisotopic (exact) mass is 445 g/mol. The maximum Gasteiger partial charge on any atom is 0.180 e. The number of hydrogen-bond acceptors (Lipinski definition) is 4. The van der Waals surface area contributed by atoms with E-state index in [1.807, 2.05) is 74.5 Å². The van der Waals surface area contributed by atoms with Gasteiger partial charge in [0.1, 0.15) is 12.4 Å². The van der Waals surface area contributed by atoms with Crippen LogP contribution in [0.25, 0.3) is 0 Å². The minimum absolute atomic E-state index is 0.309. The first-order valence-electron chi connectivity index (χ1n) is 9.88. The van der Waals surface area contributed by atoms with Crippen molar-refractivity contribution in [2.24, 2.45) is 0 Å². The predicted molar refractivity (Wildman–Crippen MR) is 123 cm³/mol. The van der Waals surface area contributed by atoms with E-state index >= 15 is 0 Å². The highest BCUT2D eigenvalue weighted by Gasteiger charge is 2.14. The van der Waals surface area contributed by atoms with Crippen molar-refractivity contribution in [1.29, 1.82) is 0 Å². The van der Waals surface area contributed by atoms with Gasteiger partial charge in [-0.1, -0.05) is 41.4 Å². The molecule has 0 saturated carbocycles. The SMILES string of the molecule is CCOc1ccc(NCc2cc(Cl)c(OCc3ccccc3Cl)c(OCC)c2)cc1. The van der Waals surface area contributed by atoms with Crippen LogP contribution in [0.3, 0.4) is 0 Å². The molecule has 3 rings (SSSR count). The van der Waals surface area contributed by atoms with Crippen molar-refractivity contribution >= 4 is 28.9 Å². The number of anilines is 1. The second kappa shape index (κ2) is 11.0. The minimum atomic E-state index is 0.309. The van der Waals surface area contributed by atoms with Crippen LogP contribution in [0.15, 0.2) is 60.7 Å². The Morgan fingerprint density at radius 2 is 1.53 bits per heavy atom. The molecule has 0 aromatic heterocycles. The number of halogens is 2. The Labute approximate surface area is 187 Å². The van der Waals surface area contributed by atoms with Gasteiger partial charge in [-0.25, -0.2) is 0 Å². The quantitative estimate of drug-likeness (QED) is 0.365. The molecule has 0 aliphatic rings. The van der Waals surface area contributed by atoms with Crippen molar-refractivity contribution in [1.82, 2.24) is 0 Å². The van der Waals surface area contributed by atoms with Crippen molar-refractivity contribution in [3.63, 3.8) is 0 Å². The molecule has 3 aromatic rings. The Morgan fingerprint density at radius 3 is 2.23 bits per heavy atom. The van der Waals surface area contributed by atoms with Crippen LogP contribution in [0.4, 0.5) is 5.69 Å². The largest absolute Gasteiger partial charge is 0.494 e. The van der Waals surface area contributed by atoms with Crippen molar-refractivity contribution in [2.45, 2.75) is 27.0 Å². The van der Waals surface area contributed by atoms with Gasteiger partial charge in [-0.15, -0.1) is 0 Å². The molecular weight excluding hydrogens is 421 g/mol. The first kappa shape index (κ1) is 22.1. The lowest BCUT2D eigenvalue weighted by Crippen LogP contribution is -2.04. The van der Waals surface area contributed by atoms with Crippen molar-refractivity contribution in [3.05, 3.63) is 81.8 Å². The molecular formula is C24H25Cl2NO3. The fraction of sp³-hybridized carbons (Fsp3) is 0.250. The van der Waals surface area contributed by atoms with Gasteiger partial charge in [0.15, 0.2) is 11.5 Å². The van der Waals surface area contributed by atoms with Crippen LogP contribution in [0.1, 0.15) is 25.0 Å². The van der Waals surface area contributed by atoms with Crippen LogP contribution in [0, 0.1) is 0 Å². The Morgan fingerprint density at radius 1 is 0.800 bits per heavy atom. The third-order valence-electron chi connectivity index (χ3n) is 4.36. The van der Waals surface area contributed by atoms with Gasteiger partial charge in [0.05, 0.1) is 18.2 Å². The van der Waals surface area contributed by atoms with Crippen molar-refractivity contribution in [3.8, 4) is 17.2 Å². The molecule has 0 aliphatic carbocycles. The van der Waals surface area contributed by atoms with Crippen LogP contribution >= 0.6 is 23.2 Å². The van der Waals surface area contributed by atoms with Crippen LogP contribution in [0.2, 0.25) is 10.0 Å². The first-order chi connectivity index (χ1) is 14.6. The van der Waals surface area contributed by atoms with E-state index in [-0.39, 0.29) is 0 Å². The second-order valence-electron chi connectivity index (χ2n) is 6.53. The molecule has 3 aromatic carbocycles. The standard InChI is InChI=1S/C24H25Cl2NO3/c1-3-28-20-11-9-19(10-12-20)27-15-17-13-22(26)24(23(14-17)29-4-2)30-16-18-7-5-6-8-21(18)25/h5-14,27H,3-4,15-16H2,1-2H3.